The van der Waals surface area contributed by atoms with E-state index in [0.29, 0.717) is 0 Å². The minimum absolute atomic E-state index is 1.09. The molecule has 1 aromatic rings. The van der Waals surface area contributed by atoms with E-state index in [-0.39, 0.29) is 0 Å². The summed E-state index contributed by atoms with van der Waals surface area (Å²) in [6.07, 6.45) is 1.85. The minimum atomic E-state index is 1.09. The van der Waals surface area contributed by atoms with Gasteiger partial charge in [0.1, 0.15) is 0 Å². The average Bonchev–Trinajstić information content (AvgIpc) is 2.03. The van der Waals surface area contributed by atoms with E-state index >= 15 is 0 Å². The molecule has 1 N–H and O–H groups in total. The highest BCUT2D eigenvalue weighted by molar-refractivity contribution is 9.10. The summed E-state index contributed by atoms with van der Waals surface area (Å²) in [7, 11) is 1.92. The second-order valence-electron chi connectivity index (χ2n) is 2.64. The fourth-order valence-electron chi connectivity index (χ4n) is 1.27. The minimum Gasteiger partial charge on any atom is -0.387 e. The zero-order chi connectivity index (χ0) is 9.14. The first-order chi connectivity index (χ1) is 5.69. The normalized spacial score (nSPS) is 9.58. The van der Waals surface area contributed by atoms with Crippen LogP contribution in [0.25, 0.3) is 6.08 Å². The Labute approximate surface area is 81.6 Å². The van der Waals surface area contributed by atoms with Crippen molar-refractivity contribution in [2.45, 2.75) is 6.92 Å². The lowest BCUT2D eigenvalue weighted by molar-refractivity contribution is 1.38. The maximum atomic E-state index is 3.76. The lowest BCUT2D eigenvalue weighted by Crippen LogP contribution is -1.94. The Kier molecular flexibility index (Phi) is 2.93. The first-order valence-corrected chi connectivity index (χ1v) is 4.58. The van der Waals surface area contributed by atoms with E-state index in [2.05, 4.69) is 40.8 Å². The molecule has 0 aliphatic rings. The zero-order valence-corrected chi connectivity index (χ0v) is 8.90. The van der Waals surface area contributed by atoms with E-state index in [1.807, 2.05) is 19.2 Å². The largest absolute Gasteiger partial charge is 0.387 e. The second kappa shape index (κ2) is 3.76. The third-order valence-electron chi connectivity index (χ3n) is 1.80. The summed E-state index contributed by atoms with van der Waals surface area (Å²) in [6, 6.07) is 4.13. The summed E-state index contributed by atoms with van der Waals surface area (Å²) in [6.45, 7) is 5.83. The van der Waals surface area contributed by atoms with Crippen LogP contribution in [0.1, 0.15) is 11.1 Å². The molecule has 0 aromatic heterocycles. The SMILES string of the molecule is C=Cc1cc(Br)cc(C)c1NC. The molecule has 0 fully saturated rings. The first-order valence-electron chi connectivity index (χ1n) is 3.79. The van der Waals surface area contributed by atoms with Crippen molar-refractivity contribution in [2.24, 2.45) is 0 Å². The van der Waals surface area contributed by atoms with Crippen LogP contribution in [0.4, 0.5) is 5.69 Å². The maximum Gasteiger partial charge on any atom is 0.0441 e. The molecule has 0 atom stereocenters. The number of aryl methyl sites for hydroxylation is 1. The number of halogens is 1. The molecule has 0 bridgehead atoms. The Bertz CT molecular complexity index is 305. The number of rotatable bonds is 2. The van der Waals surface area contributed by atoms with E-state index in [1.54, 1.807) is 0 Å². The molecule has 0 saturated heterocycles. The highest BCUT2D eigenvalue weighted by Gasteiger charge is 2.01. The van der Waals surface area contributed by atoms with Gasteiger partial charge in [-0.25, -0.2) is 0 Å². The van der Waals surface area contributed by atoms with E-state index in [0.717, 1.165) is 15.7 Å². The van der Waals surface area contributed by atoms with Crippen LogP contribution in [0.3, 0.4) is 0 Å². The molecule has 0 spiro atoms. The molecule has 2 heteroatoms. The molecule has 0 heterocycles. The summed E-state index contributed by atoms with van der Waals surface area (Å²) in [5.41, 5.74) is 3.50. The van der Waals surface area contributed by atoms with E-state index in [4.69, 9.17) is 0 Å². The van der Waals surface area contributed by atoms with Gasteiger partial charge in [0.25, 0.3) is 0 Å². The summed E-state index contributed by atoms with van der Waals surface area (Å²) >= 11 is 3.44. The Morgan fingerprint density at radius 2 is 2.17 bits per heavy atom. The van der Waals surface area contributed by atoms with Crippen LogP contribution >= 0.6 is 15.9 Å². The van der Waals surface area contributed by atoms with Gasteiger partial charge in [0.15, 0.2) is 0 Å². The Hall–Kier alpha value is -0.760. The number of benzene rings is 1. The molecule has 1 nitrogen and oxygen atoms in total. The molecule has 0 radical (unpaired) electrons. The van der Waals surface area contributed by atoms with Gasteiger partial charge in [-0.15, -0.1) is 0 Å². The fraction of sp³-hybridized carbons (Fsp3) is 0.200. The van der Waals surface area contributed by atoms with Crippen molar-refractivity contribution in [2.75, 3.05) is 12.4 Å². The Balaban J connectivity index is 3.33. The van der Waals surface area contributed by atoms with Crippen molar-refractivity contribution in [3.8, 4) is 0 Å². The van der Waals surface area contributed by atoms with Gasteiger partial charge in [0.05, 0.1) is 0 Å². The molecule has 0 amide bonds. The van der Waals surface area contributed by atoms with E-state index < -0.39 is 0 Å². The van der Waals surface area contributed by atoms with Gasteiger partial charge in [-0.1, -0.05) is 28.6 Å². The monoisotopic (exact) mass is 225 g/mol. The molecule has 64 valence electrons. The number of anilines is 1. The van der Waals surface area contributed by atoms with Crippen molar-refractivity contribution in [3.05, 3.63) is 34.3 Å². The van der Waals surface area contributed by atoms with E-state index in [9.17, 15) is 0 Å². The van der Waals surface area contributed by atoms with Crippen LogP contribution in [-0.4, -0.2) is 7.05 Å². The van der Waals surface area contributed by atoms with Gasteiger partial charge in [0.2, 0.25) is 0 Å². The van der Waals surface area contributed by atoms with E-state index in [1.165, 1.54) is 5.56 Å². The number of hydrogen-bond donors (Lipinski definition) is 1. The topological polar surface area (TPSA) is 12.0 Å². The van der Waals surface area contributed by atoms with Crippen molar-refractivity contribution < 1.29 is 0 Å². The zero-order valence-electron chi connectivity index (χ0n) is 7.32. The third-order valence-corrected chi connectivity index (χ3v) is 2.26. The molecular formula is C10H12BrN. The van der Waals surface area contributed by atoms with Crippen molar-refractivity contribution in [1.29, 1.82) is 0 Å². The second-order valence-corrected chi connectivity index (χ2v) is 3.56. The van der Waals surface area contributed by atoms with Crippen LogP contribution in [0.5, 0.6) is 0 Å². The lowest BCUT2D eigenvalue weighted by atomic mass is 10.1. The molecule has 1 rings (SSSR count). The lowest BCUT2D eigenvalue weighted by Gasteiger charge is -2.09. The van der Waals surface area contributed by atoms with Gasteiger partial charge in [0, 0.05) is 17.2 Å². The van der Waals surface area contributed by atoms with Gasteiger partial charge in [-0.05, 0) is 30.2 Å². The van der Waals surface area contributed by atoms with Crippen molar-refractivity contribution >= 4 is 27.7 Å². The van der Waals surface area contributed by atoms with Crippen LogP contribution in [0, 0.1) is 6.92 Å². The van der Waals surface area contributed by atoms with Gasteiger partial charge in [-0.2, -0.15) is 0 Å². The molecule has 1 aromatic carbocycles. The molecule has 12 heavy (non-hydrogen) atoms. The van der Waals surface area contributed by atoms with Gasteiger partial charge < -0.3 is 5.32 Å². The molecule has 0 unspecified atom stereocenters. The quantitative estimate of drug-likeness (QED) is 0.814. The van der Waals surface area contributed by atoms with Crippen molar-refractivity contribution in [1.82, 2.24) is 0 Å². The first kappa shape index (κ1) is 9.33. The van der Waals surface area contributed by atoms with Crippen molar-refractivity contribution in [3.63, 3.8) is 0 Å². The van der Waals surface area contributed by atoms with Gasteiger partial charge >= 0.3 is 0 Å². The summed E-state index contributed by atoms with van der Waals surface area (Å²) < 4.78 is 1.09. The predicted molar refractivity (Wildman–Crippen MR) is 58.5 cm³/mol. The average molecular weight is 226 g/mol. The maximum absolute atomic E-state index is 3.76. The Morgan fingerprint density at radius 1 is 1.50 bits per heavy atom. The van der Waals surface area contributed by atoms with Crippen LogP contribution in [-0.2, 0) is 0 Å². The third kappa shape index (κ3) is 1.69. The summed E-state index contributed by atoms with van der Waals surface area (Å²) in [4.78, 5) is 0. The smallest absolute Gasteiger partial charge is 0.0441 e. The molecule has 0 saturated carbocycles. The Morgan fingerprint density at radius 3 is 2.67 bits per heavy atom. The predicted octanol–water partition coefficient (Wildman–Crippen LogP) is 3.44. The van der Waals surface area contributed by atoms with Gasteiger partial charge in [-0.3, -0.25) is 0 Å². The molecule has 0 aliphatic carbocycles. The number of hydrogen-bond acceptors (Lipinski definition) is 1. The highest BCUT2D eigenvalue weighted by atomic mass is 79.9. The standard InChI is InChI=1S/C10H12BrN/c1-4-8-6-9(11)5-7(2)10(8)12-3/h4-6,12H,1H2,2-3H3. The number of nitrogens with one attached hydrogen (secondary N) is 1. The van der Waals surface area contributed by atoms with Crippen LogP contribution in [0.2, 0.25) is 0 Å². The van der Waals surface area contributed by atoms with Crippen LogP contribution < -0.4 is 5.32 Å². The summed E-state index contributed by atoms with van der Waals surface area (Å²) in [5, 5.41) is 3.15. The highest BCUT2D eigenvalue weighted by Crippen LogP contribution is 2.25. The fourth-order valence-corrected chi connectivity index (χ4v) is 1.86. The molecule has 0 aliphatic heterocycles. The van der Waals surface area contributed by atoms with Crippen LogP contribution in [0.15, 0.2) is 23.2 Å². The molecular weight excluding hydrogens is 214 g/mol. The summed E-state index contributed by atoms with van der Waals surface area (Å²) in [5.74, 6) is 0.